The molecule has 0 saturated carbocycles. The van der Waals surface area contributed by atoms with Gasteiger partial charge >= 0.3 is 11.6 Å². The first-order valence-electron chi connectivity index (χ1n) is 10.0. The number of rotatable bonds is 5. The molecule has 0 radical (unpaired) electrons. The van der Waals surface area contributed by atoms with Crippen LogP contribution >= 0.6 is 0 Å². The first kappa shape index (κ1) is 20.9. The lowest BCUT2D eigenvalue weighted by molar-refractivity contribution is -0.151. The highest BCUT2D eigenvalue weighted by Gasteiger charge is 2.29. The number of amides is 1. The Morgan fingerprint density at radius 3 is 2.76 bits per heavy atom. The number of phenols is 1. The zero-order valence-electron chi connectivity index (χ0n) is 17.1. The number of esters is 1. The van der Waals surface area contributed by atoms with E-state index >= 15 is 0 Å². The molecule has 1 fully saturated rings. The molecule has 1 aliphatic rings. The van der Waals surface area contributed by atoms with E-state index in [4.69, 9.17) is 9.15 Å². The Labute approximate surface area is 169 Å². The van der Waals surface area contributed by atoms with E-state index in [-0.39, 0.29) is 36.4 Å². The van der Waals surface area contributed by atoms with E-state index in [0.717, 1.165) is 23.8 Å². The van der Waals surface area contributed by atoms with Gasteiger partial charge in [-0.1, -0.05) is 0 Å². The molecule has 1 amide bonds. The number of hydrogen-bond acceptors (Lipinski definition) is 6. The summed E-state index contributed by atoms with van der Waals surface area (Å²) in [7, 11) is 0. The number of aromatic hydroxyl groups is 1. The van der Waals surface area contributed by atoms with Gasteiger partial charge in [0, 0.05) is 36.0 Å². The van der Waals surface area contributed by atoms with Gasteiger partial charge in [0.25, 0.3) is 0 Å². The monoisotopic (exact) mass is 401 g/mol. The summed E-state index contributed by atoms with van der Waals surface area (Å²) in [6.07, 6.45) is 1.92. The van der Waals surface area contributed by atoms with Gasteiger partial charge in [-0.05, 0) is 57.7 Å². The number of carbonyl (C=O) groups is 2. The van der Waals surface area contributed by atoms with E-state index in [1.54, 1.807) is 30.9 Å². The number of benzene rings is 1. The summed E-state index contributed by atoms with van der Waals surface area (Å²) in [6, 6.07) is 3.29. The van der Waals surface area contributed by atoms with E-state index < -0.39 is 5.63 Å². The molecule has 0 spiro atoms. The van der Waals surface area contributed by atoms with Gasteiger partial charge in [0.15, 0.2) is 0 Å². The summed E-state index contributed by atoms with van der Waals surface area (Å²) in [5.74, 6) is -0.547. The minimum Gasteiger partial charge on any atom is -0.508 e. The first-order chi connectivity index (χ1) is 13.8. The number of likely N-dealkylation sites (tertiary alicyclic amines) is 1. The maximum atomic E-state index is 12.7. The molecule has 2 heterocycles. The standard InChI is InChI=1S/C22H27NO6/c1-4-28-21(26)15-6-5-11-23(12-15)19(25)10-8-17-13(2)16-7-9-18(24)14(3)20(16)29-22(17)27/h7,9,15,24H,4-6,8,10-12H2,1-3H3/t15-/m0/s1. The zero-order chi connectivity index (χ0) is 21.1. The van der Waals surface area contributed by atoms with Gasteiger partial charge in [-0.3, -0.25) is 9.59 Å². The SMILES string of the molecule is CCOC(=O)[C@H]1CCCN(C(=O)CCc2c(C)c3ccc(O)c(C)c3oc2=O)C1. The van der Waals surface area contributed by atoms with Gasteiger partial charge in [-0.15, -0.1) is 0 Å². The summed E-state index contributed by atoms with van der Waals surface area (Å²) in [4.78, 5) is 38.8. The molecule has 1 aliphatic heterocycles. The number of nitrogens with zero attached hydrogens (tertiary/aromatic N) is 1. The van der Waals surface area contributed by atoms with Crippen molar-refractivity contribution in [2.75, 3.05) is 19.7 Å². The molecule has 7 heteroatoms. The lowest BCUT2D eigenvalue weighted by Gasteiger charge is -2.31. The molecular formula is C22H27NO6. The Bertz CT molecular complexity index is 993. The average molecular weight is 401 g/mol. The Morgan fingerprint density at radius 2 is 2.03 bits per heavy atom. The smallest absolute Gasteiger partial charge is 0.339 e. The summed E-state index contributed by atoms with van der Waals surface area (Å²) in [5, 5.41) is 10.6. The van der Waals surface area contributed by atoms with Crippen LogP contribution in [0.2, 0.25) is 0 Å². The van der Waals surface area contributed by atoms with Gasteiger partial charge < -0.3 is 19.2 Å². The fourth-order valence-electron chi connectivity index (χ4n) is 3.91. The van der Waals surface area contributed by atoms with Crippen molar-refractivity contribution < 1.29 is 23.8 Å². The van der Waals surface area contributed by atoms with Gasteiger partial charge in [0.05, 0.1) is 12.5 Å². The Hall–Kier alpha value is -2.83. The van der Waals surface area contributed by atoms with Gasteiger partial charge in [0.2, 0.25) is 5.91 Å². The Morgan fingerprint density at radius 1 is 1.28 bits per heavy atom. The van der Waals surface area contributed by atoms with Crippen LogP contribution in [0.4, 0.5) is 0 Å². The topological polar surface area (TPSA) is 97.1 Å². The normalized spacial score (nSPS) is 16.8. The summed E-state index contributed by atoms with van der Waals surface area (Å²) in [6.45, 7) is 6.59. The number of hydrogen-bond donors (Lipinski definition) is 1. The van der Waals surface area contributed by atoms with E-state index in [1.807, 2.05) is 6.92 Å². The highest BCUT2D eigenvalue weighted by atomic mass is 16.5. The first-order valence-corrected chi connectivity index (χ1v) is 10.0. The fourth-order valence-corrected chi connectivity index (χ4v) is 3.91. The predicted molar refractivity (Wildman–Crippen MR) is 108 cm³/mol. The second kappa shape index (κ2) is 8.68. The lowest BCUT2D eigenvalue weighted by Crippen LogP contribution is -2.43. The largest absolute Gasteiger partial charge is 0.508 e. The van der Waals surface area contributed by atoms with E-state index in [9.17, 15) is 19.5 Å². The number of phenolic OH excluding ortho intramolecular Hbond substituents is 1. The van der Waals surface area contributed by atoms with Gasteiger partial charge in [0.1, 0.15) is 11.3 Å². The molecular weight excluding hydrogens is 374 g/mol. The van der Waals surface area contributed by atoms with Crippen molar-refractivity contribution in [3.8, 4) is 5.75 Å². The van der Waals surface area contributed by atoms with Crippen LogP contribution in [-0.4, -0.2) is 41.6 Å². The minimum absolute atomic E-state index is 0.0734. The van der Waals surface area contributed by atoms with Crippen LogP contribution in [-0.2, 0) is 20.7 Å². The molecule has 0 bridgehead atoms. The average Bonchev–Trinajstić information content (AvgIpc) is 2.71. The second-order valence-electron chi connectivity index (χ2n) is 7.51. The Kier molecular flexibility index (Phi) is 6.25. The molecule has 1 atom stereocenters. The summed E-state index contributed by atoms with van der Waals surface area (Å²) < 4.78 is 10.5. The van der Waals surface area contributed by atoms with Crippen LogP contribution < -0.4 is 5.63 Å². The van der Waals surface area contributed by atoms with E-state index in [0.29, 0.717) is 36.4 Å². The number of ether oxygens (including phenoxy) is 1. The maximum Gasteiger partial charge on any atom is 0.339 e. The molecule has 3 rings (SSSR count). The molecule has 7 nitrogen and oxygen atoms in total. The second-order valence-corrected chi connectivity index (χ2v) is 7.51. The zero-order valence-corrected chi connectivity index (χ0v) is 17.1. The van der Waals surface area contributed by atoms with Crippen molar-refractivity contribution in [3.05, 3.63) is 39.2 Å². The third-order valence-corrected chi connectivity index (χ3v) is 5.66. The quantitative estimate of drug-likeness (QED) is 0.611. The van der Waals surface area contributed by atoms with Gasteiger partial charge in [-0.2, -0.15) is 0 Å². The predicted octanol–water partition coefficient (Wildman–Crippen LogP) is 2.85. The van der Waals surface area contributed by atoms with Crippen molar-refractivity contribution in [1.82, 2.24) is 4.90 Å². The fraction of sp³-hybridized carbons (Fsp3) is 0.500. The van der Waals surface area contributed by atoms with Crippen LogP contribution in [0.5, 0.6) is 5.75 Å². The van der Waals surface area contributed by atoms with Crippen molar-refractivity contribution in [2.24, 2.45) is 5.92 Å². The molecule has 156 valence electrons. The maximum absolute atomic E-state index is 12.7. The van der Waals surface area contributed by atoms with Gasteiger partial charge in [-0.25, -0.2) is 4.79 Å². The van der Waals surface area contributed by atoms with Crippen molar-refractivity contribution in [1.29, 1.82) is 0 Å². The highest BCUT2D eigenvalue weighted by Crippen LogP contribution is 2.29. The number of fused-ring (bicyclic) bond motifs is 1. The van der Waals surface area contributed by atoms with Crippen molar-refractivity contribution in [3.63, 3.8) is 0 Å². The van der Waals surface area contributed by atoms with Crippen LogP contribution in [0.15, 0.2) is 21.3 Å². The van der Waals surface area contributed by atoms with Crippen LogP contribution in [0.3, 0.4) is 0 Å². The molecule has 2 aromatic rings. The van der Waals surface area contributed by atoms with Crippen molar-refractivity contribution in [2.45, 2.75) is 46.5 Å². The number of piperidine rings is 1. The number of carbonyl (C=O) groups excluding carboxylic acids is 2. The van der Waals surface area contributed by atoms with Crippen LogP contribution in [0.1, 0.15) is 42.9 Å². The third kappa shape index (κ3) is 4.28. The van der Waals surface area contributed by atoms with E-state index in [1.165, 1.54) is 0 Å². The Balaban J connectivity index is 1.73. The van der Waals surface area contributed by atoms with Crippen LogP contribution in [0.25, 0.3) is 11.0 Å². The summed E-state index contributed by atoms with van der Waals surface area (Å²) >= 11 is 0. The number of aryl methyl sites for hydroxylation is 2. The molecule has 1 aromatic heterocycles. The van der Waals surface area contributed by atoms with Crippen molar-refractivity contribution >= 4 is 22.8 Å². The minimum atomic E-state index is -0.487. The van der Waals surface area contributed by atoms with Crippen LogP contribution in [0, 0.1) is 19.8 Å². The van der Waals surface area contributed by atoms with E-state index in [2.05, 4.69) is 0 Å². The molecule has 1 saturated heterocycles. The molecule has 29 heavy (non-hydrogen) atoms. The summed E-state index contributed by atoms with van der Waals surface area (Å²) in [5.41, 5.74) is 1.63. The lowest BCUT2D eigenvalue weighted by atomic mass is 9.97. The molecule has 1 aromatic carbocycles. The molecule has 1 N–H and O–H groups in total. The molecule has 0 unspecified atom stereocenters. The molecule has 0 aliphatic carbocycles. The third-order valence-electron chi connectivity index (χ3n) is 5.66. The highest BCUT2D eigenvalue weighted by molar-refractivity contribution is 5.85.